The van der Waals surface area contributed by atoms with Crippen molar-refractivity contribution in [2.75, 3.05) is 5.73 Å². The summed E-state index contributed by atoms with van der Waals surface area (Å²) in [6.45, 7) is 0. The molecule has 82 valence electrons. The Morgan fingerprint density at radius 3 is 2.56 bits per heavy atom. The van der Waals surface area contributed by atoms with Gasteiger partial charge in [0.25, 0.3) is 0 Å². The van der Waals surface area contributed by atoms with Gasteiger partial charge in [-0.2, -0.15) is 15.0 Å². The molecule has 0 fully saturated rings. The van der Waals surface area contributed by atoms with Crippen LogP contribution >= 0.6 is 39.1 Å². The van der Waals surface area contributed by atoms with Crippen molar-refractivity contribution in [2.24, 2.45) is 0 Å². The summed E-state index contributed by atoms with van der Waals surface area (Å²) in [5, 5.41) is 0.559. The molecule has 1 aromatic carbocycles. The Balaban J connectivity index is 2.62. The Morgan fingerprint density at radius 1 is 1.12 bits per heavy atom. The summed E-state index contributed by atoms with van der Waals surface area (Å²) in [5.41, 5.74) is 6.13. The third-order valence-corrected chi connectivity index (χ3v) is 2.79. The smallest absolute Gasteiger partial charge is 0.227 e. The van der Waals surface area contributed by atoms with E-state index in [1.807, 2.05) is 6.07 Å². The van der Waals surface area contributed by atoms with E-state index in [0.29, 0.717) is 16.4 Å². The summed E-state index contributed by atoms with van der Waals surface area (Å²) in [6.07, 6.45) is 0. The van der Waals surface area contributed by atoms with Crippen LogP contribution in [-0.2, 0) is 0 Å². The molecule has 2 rings (SSSR count). The fraction of sp³-hybridized carbons (Fsp3) is 0. The Morgan fingerprint density at radius 2 is 1.88 bits per heavy atom. The van der Waals surface area contributed by atoms with Gasteiger partial charge in [0.1, 0.15) is 0 Å². The van der Waals surface area contributed by atoms with E-state index in [9.17, 15) is 0 Å². The van der Waals surface area contributed by atoms with Crippen LogP contribution in [0.25, 0.3) is 11.4 Å². The minimum absolute atomic E-state index is 0.0403. The van der Waals surface area contributed by atoms with Crippen molar-refractivity contribution in [1.29, 1.82) is 0 Å². The van der Waals surface area contributed by atoms with Crippen LogP contribution in [-0.4, -0.2) is 15.0 Å². The first-order valence-corrected chi connectivity index (χ1v) is 5.73. The molecule has 0 saturated heterocycles. The van der Waals surface area contributed by atoms with Gasteiger partial charge < -0.3 is 5.73 Å². The van der Waals surface area contributed by atoms with Gasteiger partial charge in [-0.3, -0.25) is 0 Å². The maximum absolute atomic E-state index is 6.03. The molecule has 16 heavy (non-hydrogen) atoms. The molecule has 0 aliphatic heterocycles. The second kappa shape index (κ2) is 4.53. The van der Waals surface area contributed by atoms with Crippen LogP contribution in [0.15, 0.2) is 22.7 Å². The van der Waals surface area contributed by atoms with Gasteiger partial charge in [-0.1, -0.05) is 27.5 Å². The number of hydrogen-bond acceptors (Lipinski definition) is 4. The monoisotopic (exact) mass is 318 g/mol. The van der Waals surface area contributed by atoms with Crippen molar-refractivity contribution in [3.8, 4) is 11.4 Å². The number of aromatic nitrogens is 3. The third-order valence-electron chi connectivity index (χ3n) is 1.79. The van der Waals surface area contributed by atoms with Crippen molar-refractivity contribution < 1.29 is 0 Å². The van der Waals surface area contributed by atoms with Gasteiger partial charge >= 0.3 is 0 Å². The van der Waals surface area contributed by atoms with E-state index in [2.05, 4.69) is 30.9 Å². The van der Waals surface area contributed by atoms with Gasteiger partial charge in [-0.05, 0) is 29.8 Å². The Kier molecular flexibility index (Phi) is 3.28. The number of rotatable bonds is 1. The van der Waals surface area contributed by atoms with Gasteiger partial charge in [0.2, 0.25) is 11.2 Å². The molecule has 0 amide bonds. The molecule has 0 saturated carbocycles. The van der Waals surface area contributed by atoms with Gasteiger partial charge in [0, 0.05) is 10.0 Å². The van der Waals surface area contributed by atoms with Crippen LogP contribution in [0.1, 0.15) is 0 Å². The summed E-state index contributed by atoms with van der Waals surface area (Å²) in [7, 11) is 0. The molecule has 1 heterocycles. The minimum Gasteiger partial charge on any atom is -0.368 e. The number of nitrogen functional groups attached to an aromatic ring is 1. The van der Waals surface area contributed by atoms with Crippen LogP contribution in [0.2, 0.25) is 10.3 Å². The molecule has 0 aliphatic carbocycles. The SMILES string of the molecule is Nc1nc(Cl)nc(-c2cc(Br)ccc2Cl)n1. The number of benzene rings is 1. The highest BCUT2D eigenvalue weighted by Crippen LogP contribution is 2.28. The Labute approximate surface area is 110 Å². The first kappa shape index (κ1) is 11.6. The summed E-state index contributed by atoms with van der Waals surface area (Å²) < 4.78 is 0.863. The highest BCUT2D eigenvalue weighted by atomic mass is 79.9. The van der Waals surface area contributed by atoms with Crippen molar-refractivity contribution in [3.05, 3.63) is 33.0 Å². The predicted molar refractivity (Wildman–Crippen MR) is 67.4 cm³/mol. The average Bonchev–Trinajstić information content (AvgIpc) is 2.20. The summed E-state index contributed by atoms with van der Waals surface area (Å²) >= 11 is 15.1. The highest BCUT2D eigenvalue weighted by Gasteiger charge is 2.09. The molecular formula is C9H5BrCl2N4. The topological polar surface area (TPSA) is 64.7 Å². The zero-order valence-electron chi connectivity index (χ0n) is 7.78. The van der Waals surface area contributed by atoms with Crippen LogP contribution in [0, 0.1) is 0 Å². The Bertz CT molecular complexity index is 527. The molecule has 2 aromatic rings. The zero-order valence-corrected chi connectivity index (χ0v) is 10.9. The second-order valence-electron chi connectivity index (χ2n) is 2.91. The molecule has 0 aliphatic rings. The molecule has 4 nitrogen and oxygen atoms in total. The number of halogens is 3. The highest BCUT2D eigenvalue weighted by molar-refractivity contribution is 9.10. The van der Waals surface area contributed by atoms with E-state index in [1.165, 1.54) is 0 Å². The summed E-state index contributed by atoms with van der Waals surface area (Å²) in [6, 6.07) is 5.33. The molecule has 0 atom stereocenters. The van der Waals surface area contributed by atoms with Gasteiger partial charge in [0.15, 0.2) is 5.82 Å². The van der Waals surface area contributed by atoms with Crippen molar-refractivity contribution in [2.45, 2.75) is 0 Å². The second-order valence-corrected chi connectivity index (χ2v) is 4.57. The lowest BCUT2D eigenvalue weighted by molar-refractivity contribution is 1.07. The fourth-order valence-electron chi connectivity index (χ4n) is 1.15. The maximum atomic E-state index is 6.03. The van der Waals surface area contributed by atoms with Crippen LogP contribution in [0.5, 0.6) is 0 Å². The predicted octanol–water partition coefficient (Wildman–Crippen LogP) is 3.19. The van der Waals surface area contributed by atoms with E-state index in [4.69, 9.17) is 28.9 Å². The molecule has 0 bridgehead atoms. The molecule has 0 radical (unpaired) electrons. The molecule has 0 spiro atoms. The first-order chi connectivity index (χ1) is 7.56. The number of nitrogens with two attached hydrogens (primary N) is 1. The standard InChI is InChI=1S/C9H5BrCl2N4/c10-4-1-2-6(11)5(3-4)7-14-8(12)16-9(13)15-7/h1-3H,(H2,13,14,15,16). The molecule has 7 heteroatoms. The zero-order chi connectivity index (χ0) is 11.7. The van der Waals surface area contributed by atoms with Crippen LogP contribution in [0.4, 0.5) is 5.95 Å². The lowest BCUT2D eigenvalue weighted by Gasteiger charge is -2.04. The normalized spacial score (nSPS) is 10.4. The maximum Gasteiger partial charge on any atom is 0.227 e. The van der Waals surface area contributed by atoms with E-state index in [0.717, 1.165) is 4.47 Å². The first-order valence-electron chi connectivity index (χ1n) is 4.19. The van der Waals surface area contributed by atoms with Crippen LogP contribution < -0.4 is 5.73 Å². The van der Waals surface area contributed by atoms with E-state index in [1.54, 1.807) is 12.1 Å². The molecule has 1 aromatic heterocycles. The number of nitrogens with zero attached hydrogens (tertiary/aromatic N) is 3. The van der Waals surface area contributed by atoms with Crippen molar-refractivity contribution in [1.82, 2.24) is 15.0 Å². The lowest BCUT2D eigenvalue weighted by Crippen LogP contribution is -2.00. The number of hydrogen-bond donors (Lipinski definition) is 1. The quantitative estimate of drug-likeness (QED) is 0.876. The lowest BCUT2D eigenvalue weighted by atomic mass is 10.2. The fourth-order valence-corrected chi connectivity index (χ4v) is 1.88. The average molecular weight is 320 g/mol. The largest absolute Gasteiger partial charge is 0.368 e. The molecule has 2 N–H and O–H groups in total. The third kappa shape index (κ3) is 2.42. The van der Waals surface area contributed by atoms with Crippen LogP contribution in [0.3, 0.4) is 0 Å². The van der Waals surface area contributed by atoms with E-state index >= 15 is 0 Å². The van der Waals surface area contributed by atoms with E-state index < -0.39 is 0 Å². The van der Waals surface area contributed by atoms with Gasteiger partial charge in [-0.15, -0.1) is 0 Å². The molecular weight excluding hydrogens is 315 g/mol. The minimum atomic E-state index is 0.0403. The van der Waals surface area contributed by atoms with Gasteiger partial charge in [0.05, 0.1) is 5.02 Å². The van der Waals surface area contributed by atoms with E-state index in [-0.39, 0.29) is 11.2 Å². The molecule has 0 unspecified atom stereocenters. The van der Waals surface area contributed by atoms with Crippen molar-refractivity contribution >= 4 is 45.1 Å². The summed E-state index contributed by atoms with van der Waals surface area (Å²) in [5.74, 6) is 0.412. The van der Waals surface area contributed by atoms with Crippen molar-refractivity contribution in [3.63, 3.8) is 0 Å². The van der Waals surface area contributed by atoms with Gasteiger partial charge in [-0.25, -0.2) is 0 Å². The number of anilines is 1. The Hall–Kier alpha value is -0.910. The summed E-state index contributed by atoms with van der Waals surface area (Å²) in [4.78, 5) is 11.6.